The van der Waals surface area contributed by atoms with Crippen molar-refractivity contribution < 1.29 is 9.53 Å². The molecule has 6 rings (SSSR count). The number of benzene rings is 3. The number of fused-ring (bicyclic) bond motifs is 2. The van der Waals surface area contributed by atoms with Gasteiger partial charge >= 0.3 is 0 Å². The molecular weight excluding hydrogens is 444 g/mol. The zero-order chi connectivity index (χ0) is 23.1. The van der Waals surface area contributed by atoms with Crippen LogP contribution in [0.15, 0.2) is 79.0 Å². The monoisotopic (exact) mass is 466 g/mol. The zero-order valence-electron chi connectivity index (χ0n) is 18.6. The fourth-order valence-corrected chi connectivity index (χ4v) is 5.39. The Balaban J connectivity index is 1.36. The highest BCUT2D eigenvalue weighted by Crippen LogP contribution is 2.42. The van der Waals surface area contributed by atoms with Gasteiger partial charge in [-0.3, -0.25) is 4.79 Å². The van der Waals surface area contributed by atoms with Crippen molar-refractivity contribution in [3.63, 3.8) is 0 Å². The average molecular weight is 467 g/mol. The molecule has 0 radical (unpaired) electrons. The van der Waals surface area contributed by atoms with Crippen LogP contribution in [0.4, 0.5) is 5.82 Å². The Labute approximate surface area is 200 Å². The van der Waals surface area contributed by atoms with E-state index < -0.39 is 0 Å². The van der Waals surface area contributed by atoms with Crippen LogP contribution in [0.1, 0.15) is 34.6 Å². The molecule has 6 nitrogen and oxygen atoms in total. The van der Waals surface area contributed by atoms with Crippen molar-refractivity contribution in [1.29, 1.82) is 0 Å². The molecule has 1 aliphatic heterocycles. The summed E-state index contributed by atoms with van der Waals surface area (Å²) >= 11 is 1.55. The van der Waals surface area contributed by atoms with Gasteiger partial charge in [0.2, 0.25) is 11.0 Å². The van der Waals surface area contributed by atoms with Crippen LogP contribution in [0.3, 0.4) is 0 Å². The molecule has 5 aromatic rings. The highest BCUT2D eigenvalue weighted by molar-refractivity contribution is 7.20. The highest BCUT2D eigenvalue weighted by atomic mass is 32.1. The number of hydrogen-bond donors (Lipinski definition) is 1. The van der Waals surface area contributed by atoms with Crippen LogP contribution < -0.4 is 10.1 Å². The first-order valence-corrected chi connectivity index (χ1v) is 12.0. The van der Waals surface area contributed by atoms with Gasteiger partial charge in [0.1, 0.15) is 18.2 Å². The zero-order valence-corrected chi connectivity index (χ0v) is 19.4. The van der Waals surface area contributed by atoms with Gasteiger partial charge in [-0.05, 0) is 30.7 Å². The van der Waals surface area contributed by atoms with Crippen LogP contribution in [0.5, 0.6) is 5.75 Å². The van der Waals surface area contributed by atoms with Gasteiger partial charge in [-0.15, -0.1) is 0 Å². The Hall–Kier alpha value is -3.97. The van der Waals surface area contributed by atoms with Gasteiger partial charge in [-0.2, -0.15) is 9.78 Å². The van der Waals surface area contributed by atoms with Gasteiger partial charge in [0.05, 0.1) is 16.4 Å². The molecule has 1 aliphatic rings. The van der Waals surface area contributed by atoms with Crippen LogP contribution in [0, 0.1) is 6.92 Å². The third kappa shape index (κ3) is 3.74. The normalized spacial score (nSPS) is 15.2. The second-order valence-electron chi connectivity index (χ2n) is 8.44. The molecule has 34 heavy (non-hydrogen) atoms. The van der Waals surface area contributed by atoms with Crippen molar-refractivity contribution in [2.45, 2.75) is 25.9 Å². The Kier molecular flexibility index (Phi) is 5.11. The second-order valence-corrected chi connectivity index (χ2v) is 9.45. The van der Waals surface area contributed by atoms with E-state index in [0.717, 1.165) is 37.8 Å². The third-order valence-corrected chi connectivity index (χ3v) is 7.07. The minimum absolute atomic E-state index is 0.0474. The van der Waals surface area contributed by atoms with E-state index >= 15 is 0 Å². The third-order valence-electron chi connectivity index (χ3n) is 6.06. The molecule has 1 amide bonds. The first-order chi connectivity index (χ1) is 16.7. The van der Waals surface area contributed by atoms with Gasteiger partial charge in [0, 0.05) is 23.5 Å². The summed E-state index contributed by atoms with van der Waals surface area (Å²) in [5, 5.41) is 8.37. The van der Waals surface area contributed by atoms with Gasteiger partial charge in [-0.25, -0.2) is 4.98 Å². The number of aromatic nitrogens is 3. The Morgan fingerprint density at radius 3 is 2.79 bits per heavy atom. The Morgan fingerprint density at radius 2 is 1.91 bits per heavy atom. The van der Waals surface area contributed by atoms with Gasteiger partial charge in [-0.1, -0.05) is 71.5 Å². The lowest BCUT2D eigenvalue weighted by Gasteiger charge is -2.25. The summed E-state index contributed by atoms with van der Waals surface area (Å²) in [6.07, 6.45) is 2.17. The Morgan fingerprint density at radius 1 is 1.06 bits per heavy atom. The summed E-state index contributed by atoms with van der Waals surface area (Å²) in [5.41, 5.74) is 5.17. The lowest BCUT2D eigenvalue weighted by molar-refractivity contribution is -0.116. The van der Waals surface area contributed by atoms with E-state index in [1.165, 1.54) is 5.56 Å². The number of thiazole rings is 1. The maximum Gasteiger partial charge on any atom is 0.226 e. The topological polar surface area (TPSA) is 69.0 Å². The molecule has 3 heterocycles. The maximum atomic E-state index is 12.8. The minimum Gasteiger partial charge on any atom is -0.489 e. The lowest BCUT2D eigenvalue weighted by atomic mass is 9.87. The fourth-order valence-electron chi connectivity index (χ4n) is 4.46. The molecule has 7 heteroatoms. The molecule has 3 aromatic carbocycles. The van der Waals surface area contributed by atoms with E-state index in [2.05, 4.69) is 35.5 Å². The smallest absolute Gasteiger partial charge is 0.226 e. The lowest BCUT2D eigenvalue weighted by Crippen LogP contribution is -2.24. The van der Waals surface area contributed by atoms with Crippen molar-refractivity contribution in [2.75, 3.05) is 5.32 Å². The summed E-state index contributed by atoms with van der Waals surface area (Å²) in [5.74, 6) is 1.26. The van der Waals surface area contributed by atoms with Crippen LogP contribution >= 0.6 is 11.3 Å². The summed E-state index contributed by atoms with van der Waals surface area (Å²) in [7, 11) is 0. The number of ether oxygens (including phenoxy) is 1. The number of anilines is 1. The first-order valence-electron chi connectivity index (χ1n) is 11.2. The number of aryl methyl sites for hydroxylation is 1. The number of carbonyl (C=O) groups excluding carboxylic acids is 1. The van der Waals surface area contributed by atoms with Crippen molar-refractivity contribution in [1.82, 2.24) is 14.8 Å². The quantitative estimate of drug-likeness (QED) is 0.353. The summed E-state index contributed by atoms with van der Waals surface area (Å²) in [4.78, 5) is 17.5. The molecule has 2 aromatic heterocycles. The largest absolute Gasteiger partial charge is 0.489 e. The molecule has 168 valence electrons. The molecule has 0 unspecified atom stereocenters. The molecule has 1 atom stereocenters. The van der Waals surface area contributed by atoms with Crippen molar-refractivity contribution in [3.05, 3.63) is 101 Å². The molecule has 0 aliphatic carbocycles. The summed E-state index contributed by atoms with van der Waals surface area (Å²) < 4.78 is 9.06. The molecular formula is C27H22N4O2S. The van der Waals surface area contributed by atoms with Crippen LogP contribution in [-0.2, 0) is 11.4 Å². The first kappa shape index (κ1) is 20.6. The van der Waals surface area contributed by atoms with E-state index in [1.54, 1.807) is 16.0 Å². The number of hydrogen-bond acceptors (Lipinski definition) is 5. The molecule has 0 saturated carbocycles. The fraction of sp³-hybridized carbons (Fsp3) is 0.148. The predicted molar refractivity (Wildman–Crippen MR) is 134 cm³/mol. The number of rotatable bonds is 5. The van der Waals surface area contributed by atoms with E-state index in [9.17, 15) is 4.79 Å². The minimum atomic E-state index is -0.152. The van der Waals surface area contributed by atoms with Crippen LogP contribution in [-0.4, -0.2) is 20.7 Å². The summed E-state index contributed by atoms with van der Waals surface area (Å²) in [6, 6.07) is 24.2. The standard InChI is InChI=1S/C27H22N4O2S/c1-17-7-6-8-18(13-17)16-33-23-11-4-2-9-19(23)20-14-25(32)30-26-21(20)15-28-31(26)27-29-22-10-3-5-12-24(22)34-27/h2-13,15,20H,14,16H2,1H3,(H,30,32)/t20-/m0/s1. The SMILES string of the molecule is Cc1cccc(COc2ccccc2[C@@H]2CC(=O)Nc3c2cnn3-c2nc3ccccc3s2)c1. The van der Waals surface area contributed by atoms with E-state index in [1.807, 2.05) is 60.8 Å². The second kappa shape index (κ2) is 8.43. The van der Waals surface area contributed by atoms with Gasteiger partial charge in [0.25, 0.3) is 0 Å². The number of carbonyl (C=O) groups is 1. The van der Waals surface area contributed by atoms with Gasteiger partial charge in [0.15, 0.2) is 0 Å². The van der Waals surface area contributed by atoms with Crippen LogP contribution in [0.2, 0.25) is 0 Å². The maximum absolute atomic E-state index is 12.8. The summed E-state index contributed by atoms with van der Waals surface area (Å²) in [6.45, 7) is 2.54. The van der Waals surface area contributed by atoms with E-state index in [4.69, 9.17) is 9.72 Å². The molecule has 0 bridgehead atoms. The molecule has 0 spiro atoms. The van der Waals surface area contributed by atoms with Crippen molar-refractivity contribution in [2.24, 2.45) is 0 Å². The van der Waals surface area contributed by atoms with E-state index in [0.29, 0.717) is 18.8 Å². The highest BCUT2D eigenvalue weighted by Gasteiger charge is 2.32. The average Bonchev–Trinajstić information content (AvgIpc) is 3.46. The molecule has 0 saturated heterocycles. The van der Waals surface area contributed by atoms with Gasteiger partial charge < -0.3 is 10.1 Å². The van der Waals surface area contributed by atoms with Crippen LogP contribution in [0.25, 0.3) is 15.3 Å². The number of para-hydroxylation sites is 2. The predicted octanol–water partition coefficient (Wildman–Crippen LogP) is 5.84. The number of amides is 1. The molecule has 0 fully saturated rings. The number of nitrogens with one attached hydrogen (secondary N) is 1. The Bertz CT molecular complexity index is 1490. The molecule has 1 N–H and O–H groups in total. The number of nitrogens with zero attached hydrogens (tertiary/aromatic N) is 3. The van der Waals surface area contributed by atoms with Crippen molar-refractivity contribution in [3.8, 4) is 10.9 Å². The van der Waals surface area contributed by atoms with E-state index in [-0.39, 0.29) is 11.8 Å². The van der Waals surface area contributed by atoms with Crippen molar-refractivity contribution >= 4 is 33.3 Å².